The van der Waals surface area contributed by atoms with Gasteiger partial charge in [-0.05, 0) is 0 Å². The number of carbonyl (C=O) groups excluding carboxylic acids is 1. The molecule has 0 aromatic rings. The van der Waals surface area contributed by atoms with Gasteiger partial charge in [0.25, 0.3) is 6.43 Å². The minimum absolute atomic E-state index is 0.962. The van der Waals surface area contributed by atoms with Crippen molar-refractivity contribution in [1.29, 1.82) is 0 Å². The van der Waals surface area contributed by atoms with E-state index in [2.05, 4.69) is 4.74 Å². The Kier molecular flexibility index (Phi) is 3.34. The number of methoxy groups -OCH3 is 1. The van der Waals surface area contributed by atoms with Gasteiger partial charge < -0.3 is 14.9 Å². The summed E-state index contributed by atoms with van der Waals surface area (Å²) in [5.74, 6) is -4.39. The highest BCUT2D eigenvalue weighted by Gasteiger charge is 2.37. The molecule has 0 aromatic carbocycles. The molecule has 0 atom stereocenters. The van der Waals surface area contributed by atoms with Gasteiger partial charge in [-0.3, -0.25) is 4.79 Å². The summed E-state index contributed by atoms with van der Waals surface area (Å²) in [6, 6.07) is 0. The Bertz CT molecular complexity index is 145. The molecule has 0 saturated carbocycles. The van der Waals surface area contributed by atoms with Crippen molar-refractivity contribution >= 4 is 5.97 Å². The molecule has 0 radical (unpaired) electrons. The SMILES string of the molecule is COC(=O)CC(O)(O)C(F)F. The predicted octanol–water partition coefficient (Wildman–Crippen LogP) is -0.504. The van der Waals surface area contributed by atoms with Crippen molar-refractivity contribution in [2.45, 2.75) is 18.6 Å². The van der Waals surface area contributed by atoms with Crippen molar-refractivity contribution in [2.24, 2.45) is 0 Å². The molecule has 0 rings (SSSR count). The first kappa shape index (κ1) is 10.2. The number of ether oxygens (including phenoxy) is 1. The van der Waals surface area contributed by atoms with Crippen LogP contribution in [0.25, 0.3) is 0 Å². The maximum absolute atomic E-state index is 11.6. The fraction of sp³-hybridized carbons (Fsp3) is 0.800. The van der Waals surface area contributed by atoms with Gasteiger partial charge in [-0.1, -0.05) is 0 Å². The number of carbonyl (C=O) groups is 1. The van der Waals surface area contributed by atoms with Crippen LogP contribution in [0.5, 0.6) is 0 Å². The number of hydrogen-bond donors (Lipinski definition) is 2. The van der Waals surface area contributed by atoms with Crippen molar-refractivity contribution < 1.29 is 28.5 Å². The van der Waals surface area contributed by atoms with Gasteiger partial charge >= 0.3 is 5.97 Å². The van der Waals surface area contributed by atoms with Crippen LogP contribution < -0.4 is 0 Å². The zero-order chi connectivity index (χ0) is 9.07. The maximum atomic E-state index is 11.6. The van der Waals surface area contributed by atoms with Crippen LogP contribution in [0.15, 0.2) is 0 Å². The average molecular weight is 170 g/mol. The van der Waals surface area contributed by atoms with Crippen LogP contribution in [0.4, 0.5) is 8.78 Å². The van der Waals surface area contributed by atoms with E-state index in [4.69, 9.17) is 10.2 Å². The van der Waals surface area contributed by atoms with Gasteiger partial charge in [0.1, 0.15) is 6.42 Å². The van der Waals surface area contributed by atoms with Gasteiger partial charge in [-0.2, -0.15) is 0 Å². The lowest BCUT2D eigenvalue weighted by Gasteiger charge is -2.18. The van der Waals surface area contributed by atoms with Crippen LogP contribution >= 0.6 is 0 Å². The van der Waals surface area contributed by atoms with Crippen LogP contribution in [-0.2, 0) is 9.53 Å². The lowest BCUT2D eigenvalue weighted by atomic mass is 10.2. The minimum atomic E-state index is -3.39. The van der Waals surface area contributed by atoms with E-state index in [9.17, 15) is 13.6 Å². The molecule has 0 amide bonds. The molecule has 0 spiro atoms. The number of esters is 1. The van der Waals surface area contributed by atoms with E-state index < -0.39 is 24.6 Å². The number of hydrogen-bond acceptors (Lipinski definition) is 4. The second kappa shape index (κ2) is 3.59. The van der Waals surface area contributed by atoms with E-state index in [1.165, 1.54) is 0 Å². The lowest BCUT2D eigenvalue weighted by molar-refractivity contribution is -0.243. The monoisotopic (exact) mass is 170 g/mol. The second-order valence-corrected chi connectivity index (χ2v) is 1.93. The summed E-state index contributed by atoms with van der Waals surface area (Å²) in [7, 11) is 0.962. The van der Waals surface area contributed by atoms with Crippen LogP contribution in [0.2, 0.25) is 0 Å². The highest BCUT2D eigenvalue weighted by Crippen LogP contribution is 2.16. The molecular formula is C5H8F2O4. The van der Waals surface area contributed by atoms with Crippen molar-refractivity contribution in [3.63, 3.8) is 0 Å². The Balaban J connectivity index is 4.01. The van der Waals surface area contributed by atoms with Crippen LogP contribution in [0.1, 0.15) is 6.42 Å². The molecular weight excluding hydrogens is 162 g/mol. The zero-order valence-electron chi connectivity index (χ0n) is 5.75. The molecule has 0 aliphatic heterocycles. The van der Waals surface area contributed by atoms with Crippen molar-refractivity contribution in [1.82, 2.24) is 0 Å². The van der Waals surface area contributed by atoms with Crippen LogP contribution in [-0.4, -0.2) is 35.5 Å². The summed E-state index contributed by atoms with van der Waals surface area (Å²) < 4.78 is 27.1. The topological polar surface area (TPSA) is 66.8 Å². The molecule has 0 unspecified atom stereocenters. The van der Waals surface area contributed by atoms with Gasteiger partial charge in [0.15, 0.2) is 0 Å². The highest BCUT2D eigenvalue weighted by atomic mass is 19.3. The Hall–Kier alpha value is -0.750. The largest absolute Gasteiger partial charge is 0.469 e. The molecule has 0 aromatic heterocycles. The molecule has 4 nitrogen and oxygen atoms in total. The molecule has 2 N–H and O–H groups in total. The summed E-state index contributed by atoms with van der Waals surface area (Å²) in [6.07, 6.45) is -4.53. The third-order valence-corrected chi connectivity index (χ3v) is 0.982. The molecule has 0 aliphatic carbocycles. The van der Waals surface area contributed by atoms with Gasteiger partial charge in [-0.15, -0.1) is 0 Å². The Labute approximate surface area is 61.4 Å². The first-order chi connectivity index (χ1) is 4.90. The number of halogens is 2. The summed E-state index contributed by atoms with van der Waals surface area (Å²) >= 11 is 0. The zero-order valence-corrected chi connectivity index (χ0v) is 5.75. The van der Waals surface area contributed by atoms with E-state index in [0.29, 0.717) is 0 Å². The summed E-state index contributed by atoms with van der Waals surface area (Å²) in [6.45, 7) is 0. The van der Waals surface area contributed by atoms with Crippen LogP contribution in [0.3, 0.4) is 0 Å². The van der Waals surface area contributed by atoms with Crippen molar-refractivity contribution in [3.05, 3.63) is 0 Å². The number of alkyl halides is 2. The molecule has 0 fully saturated rings. The molecule has 6 heteroatoms. The lowest BCUT2D eigenvalue weighted by Crippen LogP contribution is -2.39. The Morgan fingerprint density at radius 1 is 1.64 bits per heavy atom. The minimum Gasteiger partial charge on any atom is -0.469 e. The predicted molar refractivity (Wildman–Crippen MR) is 29.8 cm³/mol. The molecule has 0 saturated heterocycles. The molecule has 0 heterocycles. The molecule has 0 aliphatic rings. The normalized spacial score (nSPS) is 11.8. The highest BCUT2D eigenvalue weighted by molar-refractivity contribution is 5.70. The van der Waals surface area contributed by atoms with E-state index in [0.717, 1.165) is 7.11 Å². The average Bonchev–Trinajstić information content (AvgIpc) is 1.86. The van der Waals surface area contributed by atoms with Gasteiger partial charge in [0.05, 0.1) is 7.11 Å². The van der Waals surface area contributed by atoms with Gasteiger partial charge in [-0.25, -0.2) is 8.78 Å². The summed E-state index contributed by atoms with van der Waals surface area (Å²) in [4.78, 5) is 10.3. The van der Waals surface area contributed by atoms with Gasteiger partial charge in [0.2, 0.25) is 5.79 Å². The summed E-state index contributed by atoms with van der Waals surface area (Å²) in [5, 5.41) is 16.8. The second-order valence-electron chi connectivity index (χ2n) is 1.93. The van der Waals surface area contributed by atoms with Gasteiger partial charge in [0, 0.05) is 0 Å². The van der Waals surface area contributed by atoms with E-state index in [1.807, 2.05) is 0 Å². The summed E-state index contributed by atoms with van der Waals surface area (Å²) in [5.41, 5.74) is 0. The Morgan fingerprint density at radius 2 is 2.09 bits per heavy atom. The molecule has 0 bridgehead atoms. The number of aliphatic hydroxyl groups is 2. The van der Waals surface area contributed by atoms with Crippen LogP contribution in [0, 0.1) is 0 Å². The standard InChI is InChI=1S/C5H8F2O4/c1-11-3(8)2-5(9,10)4(6)7/h4,9-10H,2H2,1H3. The van der Waals surface area contributed by atoms with E-state index >= 15 is 0 Å². The van der Waals surface area contributed by atoms with Crippen molar-refractivity contribution in [2.75, 3.05) is 7.11 Å². The molecule has 11 heavy (non-hydrogen) atoms. The quantitative estimate of drug-likeness (QED) is 0.442. The third-order valence-electron chi connectivity index (χ3n) is 0.982. The first-order valence-corrected chi connectivity index (χ1v) is 2.70. The maximum Gasteiger partial charge on any atom is 0.311 e. The fourth-order valence-electron chi connectivity index (χ4n) is 0.362. The third kappa shape index (κ3) is 3.24. The van der Waals surface area contributed by atoms with Crippen molar-refractivity contribution in [3.8, 4) is 0 Å². The molecule has 66 valence electrons. The van der Waals surface area contributed by atoms with E-state index in [1.54, 1.807) is 0 Å². The number of rotatable bonds is 3. The fourth-order valence-corrected chi connectivity index (χ4v) is 0.362. The first-order valence-electron chi connectivity index (χ1n) is 2.70. The van der Waals surface area contributed by atoms with E-state index in [-0.39, 0.29) is 0 Å². The smallest absolute Gasteiger partial charge is 0.311 e. The Morgan fingerprint density at radius 3 is 2.36 bits per heavy atom.